The first kappa shape index (κ1) is 43.5. The normalized spacial score (nSPS) is 52.6. The molecule has 2 heterocycles. The number of aliphatic carboxylic acids is 3. The molecule has 0 amide bonds. The minimum atomic E-state index is -2.05. The van der Waals surface area contributed by atoms with Gasteiger partial charge in [0.1, 0.15) is 36.6 Å². The van der Waals surface area contributed by atoms with Gasteiger partial charge in [0.15, 0.2) is 30.6 Å². The Hall–Kier alpha value is -2.54. The fourth-order valence-electron chi connectivity index (χ4n) is 13.4. The molecule has 6 fully saturated rings. The second-order valence-electron chi connectivity index (χ2n) is 20.6. The number of fused-ring (bicyclic) bond motifs is 7. The summed E-state index contributed by atoms with van der Waals surface area (Å²) >= 11 is 0. The maximum Gasteiger partial charge on any atom is 0.335 e. The van der Waals surface area contributed by atoms with Crippen LogP contribution in [0.2, 0.25) is 0 Å². The molecule has 16 nitrogen and oxygen atoms in total. The number of rotatable bonds is 7. The molecule has 7 aliphatic rings. The predicted octanol–water partition coefficient (Wildman–Crippen LogP) is 2.25. The number of carboxylic acids is 3. The lowest BCUT2D eigenvalue weighted by atomic mass is 9.33. The van der Waals surface area contributed by atoms with Gasteiger partial charge in [0.2, 0.25) is 0 Å². The summed E-state index contributed by atoms with van der Waals surface area (Å²) in [5.74, 6) is -4.47. The number of carbonyl (C=O) groups excluding carboxylic acids is 1. The second-order valence-corrected chi connectivity index (χ2v) is 20.6. The van der Waals surface area contributed by atoms with Crippen LogP contribution in [0.25, 0.3) is 0 Å². The van der Waals surface area contributed by atoms with Crippen molar-refractivity contribution in [1.29, 1.82) is 0 Å². The quantitative estimate of drug-likeness (QED) is 0.171. The first-order chi connectivity index (χ1) is 26.8. The molecule has 2 aliphatic heterocycles. The average molecular weight is 823 g/mol. The fourth-order valence-corrected chi connectivity index (χ4v) is 13.4. The van der Waals surface area contributed by atoms with Crippen molar-refractivity contribution in [1.82, 2.24) is 0 Å². The van der Waals surface area contributed by atoms with Crippen molar-refractivity contribution in [3.63, 3.8) is 0 Å². The fraction of sp³-hybridized carbons (Fsp3) is 0.857. The summed E-state index contributed by atoms with van der Waals surface area (Å²) < 4.78 is 23.4. The van der Waals surface area contributed by atoms with Crippen molar-refractivity contribution in [3.8, 4) is 0 Å². The smallest absolute Gasteiger partial charge is 0.335 e. The second kappa shape index (κ2) is 14.3. The summed E-state index contributed by atoms with van der Waals surface area (Å²) in [5, 5.41) is 83.0. The molecule has 326 valence electrons. The number of aliphatic hydroxyl groups excluding tert-OH is 5. The first-order valence-electron chi connectivity index (χ1n) is 20.7. The summed E-state index contributed by atoms with van der Waals surface area (Å²) in [6.45, 7) is 14.8. The summed E-state index contributed by atoms with van der Waals surface area (Å²) in [6, 6.07) is 0. The molecular weight excluding hydrogens is 760 g/mol. The Morgan fingerprint density at radius 3 is 1.88 bits per heavy atom. The van der Waals surface area contributed by atoms with Gasteiger partial charge in [-0.25, -0.2) is 9.59 Å². The number of ketones is 1. The molecule has 58 heavy (non-hydrogen) atoms. The largest absolute Gasteiger partial charge is 0.481 e. The molecule has 0 aromatic rings. The van der Waals surface area contributed by atoms with E-state index in [2.05, 4.69) is 27.7 Å². The lowest BCUT2D eigenvalue weighted by Crippen LogP contribution is -2.68. The molecule has 0 aromatic carbocycles. The zero-order valence-corrected chi connectivity index (χ0v) is 34.4. The number of aliphatic hydroxyl groups is 5. The summed E-state index contributed by atoms with van der Waals surface area (Å²) in [4.78, 5) is 51.3. The van der Waals surface area contributed by atoms with E-state index in [0.717, 1.165) is 37.7 Å². The van der Waals surface area contributed by atoms with Crippen LogP contribution in [-0.2, 0) is 38.1 Å². The zero-order chi connectivity index (χ0) is 42.9. The molecule has 19 atom stereocenters. The van der Waals surface area contributed by atoms with E-state index in [-0.39, 0.29) is 34.4 Å². The van der Waals surface area contributed by atoms with E-state index < -0.39 is 107 Å². The minimum absolute atomic E-state index is 0.0217. The maximum atomic E-state index is 14.8. The van der Waals surface area contributed by atoms with Crippen molar-refractivity contribution in [2.45, 2.75) is 174 Å². The molecule has 5 aliphatic carbocycles. The van der Waals surface area contributed by atoms with Gasteiger partial charge in [0.05, 0.1) is 11.5 Å². The Morgan fingerprint density at radius 1 is 0.690 bits per heavy atom. The van der Waals surface area contributed by atoms with E-state index in [9.17, 15) is 60.0 Å². The van der Waals surface area contributed by atoms with Crippen LogP contribution in [0.1, 0.15) is 106 Å². The molecule has 11 unspecified atom stereocenters. The van der Waals surface area contributed by atoms with Crippen LogP contribution in [0.3, 0.4) is 0 Å². The van der Waals surface area contributed by atoms with Crippen molar-refractivity contribution in [2.75, 3.05) is 0 Å². The van der Waals surface area contributed by atoms with Crippen molar-refractivity contribution in [3.05, 3.63) is 11.6 Å². The van der Waals surface area contributed by atoms with E-state index in [1.807, 2.05) is 26.8 Å². The highest BCUT2D eigenvalue weighted by molar-refractivity contribution is 5.95. The van der Waals surface area contributed by atoms with Gasteiger partial charge < -0.3 is 59.8 Å². The predicted molar refractivity (Wildman–Crippen MR) is 199 cm³/mol. The van der Waals surface area contributed by atoms with E-state index in [0.29, 0.717) is 25.7 Å². The molecule has 8 N–H and O–H groups in total. The summed E-state index contributed by atoms with van der Waals surface area (Å²) in [7, 11) is 0. The lowest BCUT2D eigenvalue weighted by molar-refractivity contribution is -0.371. The van der Waals surface area contributed by atoms with E-state index >= 15 is 0 Å². The van der Waals surface area contributed by atoms with Gasteiger partial charge in [-0.05, 0) is 110 Å². The van der Waals surface area contributed by atoms with Crippen LogP contribution in [0.4, 0.5) is 0 Å². The third kappa shape index (κ3) is 6.25. The van der Waals surface area contributed by atoms with Gasteiger partial charge >= 0.3 is 17.9 Å². The molecule has 0 radical (unpaired) electrons. The average Bonchev–Trinajstić information content (AvgIpc) is 3.13. The third-order valence-corrected chi connectivity index (χ3v) is 17.2. The Kier molecular flexibility index (Phi) is 10.7. The Morgan fingerprint density at radius 2 is 1.28 bits per heavy atom. The minimum Gasteiger partial charge on any atom is -0.481 e. The van der Waals surface area contributed by atoms with Crippen molar-refractivity contribution >= 4 is 23.7 Å². The van der Waals surface area contributed by atoms with Crippen LogP contribution in [-0.4, -0.2) is 132 Å². The van der Waals surface area contributed by atoms with Gasteiger partial charge in [0.25, 0.3) is 0 Å². The first-order valence-corrected chi connectivity index (χ1v) is 20.7. The van der Waals surface area contributed by atoms with E-state index in [1.54, 1.807) is 0 Å². The molecular formula is C42H62O16. The number of hydrogen-bond acceptors (Lipinski definition) is 13. The van der Waals surface area contributed by atoms with Crippen LogP contribution < -0.4 is 0 Å². The molecule has 7 rings (SSSR count). The highest BCUT2D eigenvalue weighted by Gasteiger charge is 2.71. The van der Waals surface area contributed by atoms with Gasteiger partial charge in [-0.2, -0.15) is 0 Å². The van der Waals surface area contributed by atoms with Crippen molar-refractivity contribution < 1.29 is 79.0 Å². The standard InChI is InChI=1S/C42H62O16/c1-37(2)21-8-11-42(7)31(20(43)16-18-19-17-39(4,36(53)54)13-12-38(19,3)14-15-41(18,42)6)40(21,5)10-9-22(37)55-35-30(26(47)25(46)29(57-35)33(51)52)58-34-27(48)23(44)24(45)28(56-34)32(49)50/h16,19,21-31,34-35,44-48H,8-15,17H2,1-7H3,(H,49,50)(H,51,52)(H,53,54)/t19-,21+,22?,23?,24?,25?,26?,27?,28?,29?,30?,31-,34?,35?,38-,39+,40+,41-,42-/m1/s1. The number of allylic oxidation sites excluding steroid dienone is 2. The van der Waals surface area contributed by atoms with Crippen LogP contribution in [0.15, 0.2) is 11.6 Å². The molecule has 16 heteroatoms. The van der Waals surface area contributed by atoms with E-state index in [4.69, 9.17) is 18.9 Å². The topological polar surface area (TPSA) is 267 Å². The molecule has 0 bridgehead atoms. The molecule has 0 aromatic heterocycles. The molecule has 2 saturated heterocycles. The number of hydrogen-bond donors (Lipinski definition) is 8. The third-order valence-electron chi connectivity index (χ3n) is 17.2. The summed E-state index contributed by atoms with van der Waals surface area (Å²) in [5.41, 5.74) is -1.81. The number of carbonyl (C=O) groups is 4. The van der Waals surface area contributed by atoms with E-state index in [1.165, 1.54) is 0 Å². The summed E-state index contributed by atoms with van der Waals surface area (Å²) in [6.07, 6.45) is -12.2. The molecule has 0 spiro atoms. The zero-order valence-electron chi connectivity index (χ0n) is 34.4. The van der Waals surface area contributed by atoms with Gasteiger partial charge in [0, 0.05) is 5.92 Å². The monoisotopic (exact) mass is 822 g/mol. The Balaban J connectivity index is 1.17. The molecule has 4 saturated carbocycles. The Labute approximate surface area is 337 Å². The number of ether oxygens (including phenoxy) is 4. The van der Waals surface area contributed by atoms with Crippen LogP contribution in [0, 0.1) is 50.2 Å². The van der Waals surface area contributed by atoms with Crippen LogP contribution in [0.5, 0.6) is 0 Å². The lowest BCUT2D eigenvalue weighted by Gasteiger charge is -2.70. The Bertz CT molecular complexity index is 1730. The highest BCUT2D eigenvalue weighted by atomic mass is 16.8. The van der Waals surface area contributed by atoms with Crippen molar-refractivity contribution in [2.24, 2.45) is 50.2 Å². The number of carboxylic acid groups (broad SMARTS) is 3. The van der Waals surface area contributed by atoms with Gasteiger partial charge in [-0.1, -0.05) is 47.1 Å². The van der Waals surface area contributed by atoms with Gasteiger partial charge in [-0.15, -0.1) is 0 Å². The highest BCUT2D eigenvalue weighted by Crippen LogP contribution is 2.75. The van der Waals surface area contributed by atoms with Gasteiger partial charge in [-0.3, -0.25) is 9.59 Å². The maximum absolute atomic E-state index is 14.8. The van der Waals surface area contributed by atoms with Crippen LogP contribution >= 0.6 is 0 Å². The SMILES string of the molecule is CC1(C)C(OC2OC(C(=O)O)C(O)C(O)C2OC2OC(C(=O)O)C(O)C(O)C2O)CC[C@]2(C)[C@H]3C(=O)C=C4[C@H]5C[C@@](C)(C(=O)O)CC[C@]5(C)CC[C@@]4(C)[C@]3(C)CC[C@@H]12.